The average Bonchev–Trinajstić information content (AvgIpc) is 2.77. The number of carbonyl (C=O) groups is 1. The highest BCUT2D eigenvalue weighted by Crippen LogP contribution is 2.37. The van der Waals surface area contributed by atoms with Crippen LogP contribution in [0.1, 0.15) is 28.9 Å². The molecule has 0 saturated carbocycles. The number of nitrogens with one attached hydrogen (secondary N) is 1. The third-order valence-electron chi connectivity index (χ3n) is 4.92. The summed E-state index contributed by atoms with van der Waals surface area (Å²) in [5, 5.41) is 3.36. The van der Waals surface area contributed by atoms with Gasteiger partial charge in [0.2, 0.25) is 0 Å². The molecule has 29 heavy (non-hydrogen) atoms. The summed E-state index contributed by atoms with van der Waals surface area (Å²) in [6, 6.07) is 22.0. The zero-order valence-corrected chi connectivity index (χ0v) is 16.4. The number of hydrogen-bond donors (Lipinski definition) is 1. The van der Waals surface area contributed by atoms with Gasteiger partial charge in [0.1, 0.15) is 23.3 Å². The number of ketones is 1. The predicted molar refractivity (Wildman–Crippen MR) is 112 cm³/mol. The van der Waals surface area contributed by atoms with Gasteiger partial charge < -0.3 is 19.5 Å². The van der Waals surface area contributed by atoms with Crippen molar-refractivity contribution < 1.29 is 19.0 Å². The molecule has 1 heterocycles. The highest BCUT2D eigenvalue weighted by Gasteiger charge is 2.38. The molecule has 0 amide bonds. The van der Waals surface area contributed by atoms with Crippen molar-refractivity contribution in [3.8, 4) is 17.2 Å². The second-order valence-electron chi connectivity index (χ2n) is 6.75. The minimum Gasteiger partial charge on any atom is -0.497 e. The van der Waals surface area contributed by atoms with Crippen molar-refractivity contribution in [1.29, 1.82) is 0 Å². The second-order valence-corrected chi connectivity index (χ2v) is 6.75. The van der Waals surface area contributed by atoms with Gasteiger partial charge in [0.15, 0.2) is 11.9 Å². The first-order valence-corrected chi connectivity index (χ1v) is 9.63. The summed E-state index contributed by atoms with van der Waals surface area (Å²) < 4.78 is 17.0. The predicted octanol–water partition coefficient (Wildman–Crippen LogP) is 4.89. The van der Waals surface area contributed by atoms with Crippen molar-refractivity contribution in [2.45, 2.75) is 19.1 Å². The van der Waals surface area contributed by atoms with Crippen LogP contribution in [0.2, 0.25) is 0 Å². The summed E-state index contributed by atoms with van der Waals surface area (Å²) in [6.07, 6.45) is -0.463. The number of anilines is 1. The van der Waals surface area contributed by atoms with Gasteiger partial charge in [-0.25, -0.2) is 0 Å². The molecule has 0 aromatic heterocycles. The normalized spacial score (nSPS) is 17.8. The summed E-state index contributed by atoms with van der Waals surface area (Å²) in [5.74, 6) is 2.15. The summed E-state index contributed by atoms with van der Waals surface area (Å²) >= 11 is 0. The molecule has 5 heteroatoms. The van der Waals surface area contributed by atoms with Crippen molar-refractivity contribution in [1.82, 2.24) is 0 Å². The Morgan fingerprint density at radius 2 is 1.62 bits per heavy atom. The molecule has 1 aliphatic rings. The number of fused-ring (bicyclic) bond motifs is 1. The van der Waals surface area contributed by atoms with Crippen LogP contribution in [0.5, 0.6) is 17.2 Å². The maximum absolute atomic E-state index is 13.3. The number of Topliss-reactive ketones (excluding diaryl/α,β-unsaturated/α-hetero) is 1. The fraction of sp³-hybridized carbons (Fsp3) is 0.208. The number of para-hydroxylation sites is 1. The van der Waals surface area contributed by atoms with Gasteiger partial charge in [0.05, 0.1) is 19.3 Å². The summed E-state index contributed by atoms with van der Waals surface area (Å²) in [5.41, 5.74) is 2.31. The molecule has 1 N–H and O–H groups in total. The van der Waals surface area contributed by atoms with Crippen LogP contribution in [0.3, 0.4) is 0 Å². The first-order valence-electron chi connectivity index (χ1n) is 9.63. The molecule has 0 bridgehead atoms. The Morgan fingerprint density at radius 1 is 0.931 bits per heavy atom. The molecule has 3 aromatic rings. The number of ether oxygens (including phenoxy) is 3. The quantitative estimate of drug-likeness (QED) is 0.650. The third kappa shape index (κ3) is 3.90. The van der Waals surface area contributed by atoms with Crippen molar-refractivity contribution in [3.05, 3.63) is 83.9 Å². The Kier molecular flexibility index (Phi) is 5.38. The van der Waals surface area contributed by atoms with Gasteiger partial charge in [-0.05, 0) is 61.0 Å². The van der Waals surface area contributed by atoms with Crippen LogP contribution in [-0.2, 0) is 0 Å². The Bertz CT molecular complexity index is 983. The van der Waals surface area contributed by atoms with E-state index in [1.54, 1.807) is 13.2 Å². The van der Waals surface area contributed by atoms with Crippen molar-refractivity contribution in [2.75, 3.05) is 19.0 Å². The van der Waals surface area contributed by atoms with E-state index in [0.29, 0.717) is 17.9 Å². The molecule has 2 unspecified atom stereocenters. The Labute approximate surface area is 170 Å². The van der Waals surface area contributed by atoms with Gasteiger partial charge in [-0.15, -0.1) is 0 Å². The zero-order chi connectivity index (χ0) is 20.2. The first-order chi connectivity index (χ1) is 14.2. The van der Waals surface area contributed by atoms with Gasteiger partial charge in [0.25, 0.3) is 0 Å². The molecule has 0 aliphatic carbocycles. The molecule has 4 rings (SSSR count). The van der Waals surface area contributed by atoms with E-state index >= 15 is 0 Å². The standard InChI is InChI=1S/C24H23NO4/c1-3-28-19-14-10-17(11-15-19)25-22-23(26)20-6-4-5-7-21(20)29-24(22)16-8-12-18(27-2)13-9-16/h4-15,22,24-25H,3H2,1-2H3. The van der Waals surface area contributed by atoms with Gasteiger partial charge in [-0.1, -0.05) is 24.3 Å². The van der Waals surface area contributed by atoms with Crippen LogP contribution in [0, 0.1) is 0 Å². The van der Waals surface area contributed by atoms with Crippen LogP contribution in [0.25, 0.3) is 0 Å². The smallest absolute Gasteiger partial charge is 0.192 e. The zero-order valence-electron chi connectivity index (χ0n) is 16.4. The topological polar surface area (TPSA) is 56.8 Å². The van der Waals surface area contributed by atoms with E-state index in [1.807, 2.05) is 73.7 Å². The lowest BCUT2D eigenvalue weighted by Crippen LogP contribution is -2.42. The van der Waals surface area contributed by atoms with E-state index in [0.717, 1.165) is 22.7 Å². The van der Waals surface area contributed by atoms with E-state index in [1.165, 1.54) is 0 Å². The Balaban J connectivity index is 1.67. The minimum absolute atomic E-state index is 0.00144. The fourth-order valence-electron chi connectivity index (χ4n) is 3.47. The SMILES string of the molecule is CCOc1ccc(NC2C(=O)c3ccccc3OC2c2ccc(OC)cc2)cc1. The Hall–Kier alpha value is -3.47. The van der Waals surface area contributed by atoms with Crippen LogP contribution < -0.4 is 19.5 Å². The molecule has 5 nitrogen and oxygen atoms in total. The largest absolute Gasteiger partial charge is 0.497 e. The number of rotatable bonds is 6. The van der Waals surface area contributed by atoms with Gasteiger partial charge in [-0.2, -0.15) is 0 Å². The summed E-state index contributed by atoms with van der Waals surface area (Å²) in [7, 11) is 1.63. The van der Waals surface area contributed by atoms with Crippen LogP contribution in [0.15, 0.2) is 72.8 Å². The van der Waals surface area contributed by atoms with Crippen molar-refractivity contribution in [3.63, 3.8) is 0 Å². The molecule has 3 aromatic carbocycles. The van der Waals surface area contributed by atoms with E-state index < -0.39 is 12.1 Å². The van der Waals surface area contributed by atoms with E-state index in [4.69, 9.17) is 14.2 Å². The molecule has 1 aliphatic heterocycles. The lowest BCUT2D eigenvalue weighted by molar-refractivity contribution is 0.0812. The van der Waals surface area contributed by atoms with E-state index in [2.05, 4.69) is 5.32 Å². The van der Waals surface area contributed by atoms with Crippen LogP contribution >= 0.6 is 0 Å². The molecule has 2 atom stereocenters. The molecular weight excluding hydrogens is 366 g/mol. The Morgan fingerprint density at radius 3 is 2.31 bits per heavy atom. The van der Waals surface area contributed by atoms with E-state index in [-0.39, 0.29) is 5.78 Å². The maximum atomic E-state index is 13.3. The molecule has 0 radical (unpaired) electrons. The fourth-order valence-corrected chi connectivity index (χ4v) is 3.47. The van der Waals surface area contributed by atoms with Crippen LogP contribution in [0.4, 0.5) is 5.69 Å². The number of carbonyl (C=O) groups excluding carboxylic acids is 1. The summed E-state index contributed by atoms with van der Waals surface area (Å²) in [4.78, 5) is 13.3. The summed E-state index contributed by atoms with van der Waals surface area (Å²) in [6.45, 7) is 2.55. The highest BCUT2D eigenvalue weighted by molar-refractivity contribution is 6.05. The molecular formula is C24H23NO4. The van der Waals surface area contributed by atoms with E-state index in [9.17, 15) is 4.79 Å². The maximum Gasteiger partial charge on any atom is 0.192 e. The minimum atomic E-state index is -0.559. The monoisotopic (exact) mass is 389 g/mol. The average molecular weight is 389 g/mol. The van der Waals surface area contributed by atoms with Crippen molar-refractivity contribution in [2.24, 2.45) is 0 Å². The lowest BCUT2D eigenvalue weighted by atomic mass is 9.91. The molecule has 0 saturated heterocycles. The highest BCUT2D eigenvalue weighted by atomic mass is 16.5. The van der Waals surface area contributed by atoms with Gasteiger partial charge in [-0.3, -0.25) is 4.79 Å². The van der Waals surface area contributed by atoms with Crippen LogP contribution in [-0.4, -0.2) is 25.5 Å². The number of benzene rings is 3. The molecule has 148 valence electrons. The second kappa shape index (κ2) is 8.27. The first kappa shape index (κ1) is 18.9. The third-order valence-corrected chi connectivity index (χ3v) is 4.92. The lowest BCUT2D eigenvalue weighted by Gasteiger charge is -2.34. The number of hydrogen-bond acceptors (Lipinski definition) is 5. The number of methoxy groups -OCH3 is 1. The molecule has 0 spiro atoms. The molecule has 0 fully saturated rings. The van der Waals surface area contributed by atoms with Gasteiger partial charge >= 0.3 is 0 Å². The van der Waals surface area contributed by atoms with Crippen molar-refractivity contribution >= 4 is 11.5 Å². The van der Waals surface area contributed by atoms with Gasteiger partial charge in [0, 0.05) is 5.69 Å².